The molecular formula is C15H20FNO6. The minimum atomic E-state index is -0.918. The average Bonchev–Trinajstić information content (AvgIpc) is 2.46. The fraction of sp³-hybridized carbons (Fsp3) is 0.467. The van der Waals surface area contributed by atoms with Crippen LogP contribution in [0.4, 0.5) is 9.32 Å². The first-order chi connectivity index (χ1) is 10.7. The summed E-state index contributed by atoms with van der Waals surface area (Å²) in [7, 11) is 1.22. The number of esters is 1. The number of carbonyl (C=O) groups is 2. The van der Waals surface area contributed by atoms with E-state index in [4.69, 9.17) is 4.74 Å². The van der Waals surface area contributed by atoms with Crippen molar-refractivity contribution < 1.29 is 33.6 Å². The molecule has 0 fully saturated rings. The van der Waals surface area contributed by atoms with Crippen molar-refractivity contribution in [2.45, 2.75) is 38.8 Å². The van der Waals surface area contributed by atoms with Crippen LogP contribution >= 0.6 is 0 Å². The standard InChI is InChI=1S/C15H20FNO6/c1-15(2,3)21-14(19)17-12(13(18)20-4)9-10-5-7-11(8-6-10)22-23-16/h5-8,12H,9H2,1-4H3,(H,17,19)/t12-/m0/s1. The molecule has 0 bridgehead atoms. The molecule has 128 valence electrons. The summed E-state index contributed by atoms with van der Waals surface area (Å²) in [6.07, 6.45) is -0.554. The monoisotopic (exact) mass is 329 g/mol. The molecule has 0 saturated heterocycles. The fourth-order valence-electron chi connectivity index (χ4n) is 1.74. The number of amides is 1. The summed E-state index contributed by atoms with van der Waals surface area (Å²) >= 11 is 0. The van der Waals surface area contributed by atoms with Gasteiger partial charge in [0.15, 0.2) is 5.75 Å². The van der Waals surface area contributed by atoms with Crippen LogP contribution in [0.3, 0.4) is 0 Å². The van der Waals surface area contributed by atoms with Gasteiger partial charge in [-0.25, -0.2) is 9.59 Å². The zero-order valence-corrected chi connectivity index (χ0v) is 13.4. The number of alkyl carbamates (subject to hydrolysis) is 1. The van der Waals surface area contributed by atoms with Gasteiger partial charge in [0, 0.05) is 11.5 Å². The highest BCUT2D eigenvalue weighted by Crippen LogP contribution is 2.15. The summed E-state index contributed by atoms with van der Waals surface area (Å²) in [5.41, 5.74) is 0.0125. The Labute approximate surface area is 133 Å². The van der Waals surface area contributed by atoms with Gasteiger partial charge in [-0.1, -0.05) is 12.1 Å². The molecule has 1 N–H and O–H groups in total. The van der Waals surface area contributed by atoms with Crippen molar-refractivity contribution in [1.29, 1.82) is 0 Å². The van der Waals surface area contributed by atoms with Gasteiger partial charge in [-0.3, -0.25) is 0 Å². The van der Waals surface area contributed by atoms with Crippen LogP contribution in [0, 0.1) is 0 Å². The molecule has 0 aliphatic heterocycles. The van der Waals surface area contributed by atoms with Crippen molar-refractivity contribution in [3.05, 3.63) is 29.8 Å². The number of nitrogens with one attached hydrogen (secondary N) is 1. The van der Waals surface area contributed by atoms with Gasteiger partial charge < -0.3 is 19.7 Å². The molecule has 1 amide bonds. The lowest BCUT2D eigenvalue weighted by Gasteiger charge is -2.22. The Kier molecular flexibility index (Phi) is 6.77. The Morgan fingerprint density at radius 1 is 1.22 bits per heavy atom. The van der Waals surface area contributed by atoms with Crippen LogP contribution < -0.4 is 10.2 Å². The van der Waals surface area contributed by atoms with Crippen molar-refractivity contribution >= 4 is 12.1 Å². The van der Waals surface area contributed by atoms with Gasteiger partial charge in [-0.05, 0) is 43.0 Å². The van der Waals surface area contributed by atoms with Crippen molar-refractivity contribution in [2.75, 3.05) is 7.11 Å². The highest BCUT2D eigenvalue weighted by molar-refractivity contribution is 5.81. The van der Waals surface area contributed by atoms with Crippen LogP contribution in [0.25, 0.3) is 0 Å². The molecule has 1 rings (SSSR count). The first-order valence-electron chi connectivity index (χ1n) is 6.86. The second-order valence-electron chi connectivity index (χ2n) is 5.72. The molecule has 0 aliphatic carbocycles. The van der Waals surface area contributed by atoms with E-state index in [2.05, 4.69) is 20.0 Å². The molecule has 1 aromatic carbocycles. The van der Waals surface area contributed by atoms with Gasteiger partial charge in [-0.2, -0.15) is 0 Å². The summed E-state index contributed by atoms with van der Waals surface area (Å²) in [6, 6.07) is 5.19. The van der Waals surface area contributed by atoms with Gasteiger partial charge in [-0.15, -0.1) is 0 Å². The zero-order valence-electron chi connectivity index (χ0n) is 13.4. The SMILES string of the molecule is COC(=O)[C@H](Cc1ccc(OOF)cc1)NC(=O)OC(C)(C)C. The largest absolute Gasteiger partial charge is 0.467 e. The Balaban J connectivity index is 2.74. The van der Waals surface area contributed by atoms with E-state index in [-0.39, 0.29) is 12.2 Å². The Morgan fingerprint density at radius 3 is 2.30 bits per heavy atom. The predicted molar refractivity (Wildman–Crippen MR) is 78.1 cm³/mol. The Hall–Kier alpha value is -2.35. The molecule has 1 aromatic rings. The first-order valence-corrected chi connectivity index (χ1v) is 6.86. The topological polar surface area (TPSA) is 83.1 Å². The number of hydrogen-bond donors (Lipinski definition) is 1. The molecule has 8 heteroatoms. The number of halogens is 1. The lowest BCUT2D eigenvalue weighted by atomic mass is 10.1. The first kappa shape index (κ1) is 18.7. The summed E-state index contributed by atoms with van der Waals surface area (Å²) in [4.78, 5) is 27.8. The van der Waals surface area contributed by atoms with Gasteiger partial charge >= 0.3 is 12.1 Å². The van der Waals surface area contributed by atoms with E-state index in [1.54, 1.807) is 32.9 Å². The van der Waals surface area contributed by atoms with Crippen molar-refractivity contribution in [3.8, 4) is 5.75 Å². The third-order valence-electron chi connectivity index (χ3n) is 2.67. The van der Waals surface area contributed by atoms with Crippen molar-refractivity contribution in [2.24, 2.45) is 0 Å². The number of carbonyl (C=O) groups excluding carboxylic acids is 2. The maximum atomic E-state index is 11.8. The van der Waals surface area contributed by atoms with E-state index < -0.39 is 23.7 Å². The van der Waals surface area contributed by atoms with E-state index >= 15 is 0 Å². The minimum absolute atomic E-state index is 0.158. The second-order valence-corrected chi connectivity index (χ2v) is 5.72. The van der Waals surface area contributed by atoms with Gasteiger partial charge in [0.2, 0.25) is 0 Å². The molecule has 0 radical (unpaired) electrons. The predicted octanol–water partition coefficient (Wildman–Crippen LogP) is 2.49. The maximum Gasteiger partial charge on any atom is 0.408 e. The maximum absolute atomic E-state index is 11.8. The molecule has 0 aromatic heterocycles. The molecule has 0 heterocycles. The molecule has 0 saturated carbocycles. The lowest BCUT2D eigenvalue weighted by Crippen LogP contribution is -2.45. The number of ether oxygens (including phenoxy) is 2. The van der Waals surface area contributed by atoms with E-state index in [9.17, 15) is 14.1 Å². The van der Waals surface area contributed by atoms with Gasteiger partial charge in [0.25, 0.3) is 0 Å². The normalized spacial score (nSPS) is 12.2. The number of hydrogen-bond acceptors (Lipinski definition) is 6. The zero-order chi connectivity index (χ0) is 17.5. The molecular weight excluding hydrogens is 309 g/mol. The molecule has 0 aliphatic rings. The fourth-order valence-corrected chi connectivity index (χ4v) is 1.74. The van der Waals surface area contributed by atoms with Crippen LogP contribution in [-0.2, 0) is 25.8 Å². The third kappa shape index (κ3) is 6.96. The quantitative estimate of drug-likeness (QED) is 0.490. The Bertz CT molecular complexity index is 526. The summed E-state index contributed by atoms with van der Waals surface area (Å²) in [6.45, 7) is 5.14. The van der Waals surface area contributed by atoms with E-state index in [1.807, 2.05) is 0 Å². The van der Waals surface area contributed by atoms with Crippen molar-refractivity contribution in [1.82, 2.24) is 5.32 Å². The molecule has 0 unspecified atom stereocenters. The molecule has 1 atom stereocenters. The smallest absolute Gasteiger partial charge is 0.408 e. The number of methoxy groups -OCH3 is 1. The third-order valence-corrected chi connectivity index (χ3v) is 2.67. The highest BCUT2D eigenvalue weighted by Gasteiger charge is 2.25. The van der Waals surface area contributed by atoms with Gasteiger partial charge in [0.1, 0.15) is 11.6 Å². The van der Waals surface area contributed by atoms with Crippen LogP contribution in [0.1, 0.15) is 26.3 Å². The molecule has 23 heavy (non-hydrogen) atoms. The van der Waals surface area contributed by atoms with E-state index in [0.717, 1.165) is 0 Å². The second kappa shape index (κ2) is 8.33. The van der Waals surface area contributed by atoms with Crippen molar-refractivity contribution in [3.63, 3.8) is 0 Å². The van der Waals surface area contributed by atoms with E-state index in [1.165, 1.54) is 19.2 Å². The number of benzene rings is 1. The minimum Gasteiger partial charge on any atom is -0.467 e. The molecule has 7 nitrogen and oxygen atoms in total. The van der Waals surface area contributed by atoms with Crippen LogP contribution in [0.5, 0.6) is 5.75 Å². The summed E-state index contributed by atoms with van der Waals surface area (Å²) < 4.78 is 21.4. The summed E-state index contributed by atoms with van der Waals surface area (Å²) in [5.74, 6) is -0.450. The van der Waals surface area contributed by atoms with Crippen LogP contribution in [0.15, 0.2) is 24.3 Å². The van der Waals surface area contributed by atoms with E-state index in [0.29, 0.717) is 5.56 Å². The highest BCUT2D eigenvalue weighted by atomic mass is 19.3. The Morgan fingerprint density at radius 2 is 1.83 bits per heavy atom. The molecule has 0 spiro atoms. The van der Waals surface area contributed by atoms with Gasteiger partial charge in [0.05, 0.1) is 7.11 Å². The average molecular weight is 329 g/mol. The van der Waals surface area contributed by atoms with Crippen LogP contribution in [0.2, 0.25) is 0 Å². The summed E-state index contributed by atoms with van der Waals surface area (Å²) in [5, 5.41) is 5.52. The lowest BCUT2D eigenvalue weighted by molar-refractivity contribution is -0.367. The number of rotatable bonds is 6. The van der Waals surface area contributed by atoms with Crippen LogP contribution in [-0.4, -0.2) is 30.8 Å².